The second-order valence-corrected chi connectivity index (χ2v) is 2.91. The fourth-order valence-corrected chi connectivity index (χ4v) is 1.15. The van der Waals surface area contributed by atoms with E-state index in [4.69, 9.17) is 4.74 Å². The van der Waals surface area contributed by atoms with Gasteiger partial charge in [-0.15, -0.1) is 0 Å². The van der Waals surface area contributed by atoms with Crippen LogP contribution in [0.25, 0.3) is 0 Å². The Morgan fingerprint density at radius 1 is 1.25 bits per heavy atom. The highest BCUT2D eigenvalue weighted by atomic mass is 16.5. The smallest absolute Gasteiger partial charge is 0.135 e. The topological polar surface area (TPSA) is 9.23 Å². The summed E-state index contributed by atoms with van der Waals surface area (Å²) in [5, 5.41) is 0. The number of ether oxygens (including phenoxy) is 1. The van der Waals surface area contributed by atoms with Crippen molar-refractivity contribution >= 4 is 0 Å². The van der Waals surface area contributed by atoms with E-state index in [0.717, 1.165) is 12.2 Å². The molecule has 0 atom stereocenters. The molecule has 0 aliphatic carbocycles. The third kappa shape index (κ3) is 2.00. The lowest BCUT2D eigenvalue weighted by Gasteiger charge is -2.09. The molecule has 0 saturated carbocycles. The van der Waals surface area contributed by atoms with E-state index in [1.54, 1.807) is 0 Å². The molecular weight excluding hydrogens is 148 g/mol. The van der Waals surface area contributed by atoms with Gasteiger partial charge in [-0.05, 0) is 31.4 Å². The van der Waals surface area contributed by atoms with Gasteiger partial charge in [-0.2, -0.15) is 0 Å². The quantitative estimate of drug-likeness (QED) is 0.664. The minimum Gasteiger partial charge on any atom is -0.486 e. The van der Waals surface area contributed by atoms with Crippen molar-refractivity contribution in [2.75, 3.05) is 0 Å². The first kappa shape index (κ1) is 9.11. The van der Waals surface area contributed by atoms with Crippen LogP contribution in [0, 0.1) is 20.5 Å². The molecule has 1 heteroatoms. The Hall–Kier alpha value is -0.980. The van der Waals surface area contributed by atoms with E-state index in [9.17, 15) is 0 Å². The van der Waals surface area contributed by atoms with Gasteiger partial charge < -0.3 is 4.74 Å². The monoisotopic (exact) mass is 163 g/mol. The lowest BCUT2D eigenvalue weighted by molar-refractivity contribution is 0.392. The standard InChI is InChI=1S/C11H15O/c1-4-8-12-11-9(2)6-5-7-10(11)3/h5-8H,4H2,1-3H3. The van der Waals surface area contributed by atoms with E-state index < -0.39 is 0 Å². The summed E-state index contributed by atoms with van der Waals surface area (Å²) in [5.41, 5.74) is 2.39. The third-order valence-corrected chi connectivity index (χ3v) is 1.78. The number of hydrogen-bond acceptors (Lipinski definition) is 1. The Balaban J connectivity index is 2.81. The molecular formula is C11H15O. The van der Waals surface area contributed by atoms with Gasteiger partial charge in [0.05, 0.1) is 0 Å². The van der Waals surface area contributed by atoms with Gasteiger partial charge in [-0.25, -0.2) is 0 Å². The van der Waals surface area contributed by atoms with Crippen molar-refractivity contribution in [1.29, 1.82) is 0 Å². The Labute approximate surface area is 74.4 Å². The van der Waals surface area contributed by atoms with Gasteiger partial charge in [0.15, 0.2) is 0 Å². The largest absolute Gasteiger partial charge is 0.486 e. The van der Waals surface area contributed by atoms with E-state index in [-0.39, 0.29) is 0 Å². The highest BCUT2D eigenvalue weighted by molar-refractivity contribution is 5.39. The molecule has 0 fully saturated rings. The van der Waals surface area contributed by atoms with Crippen LogP contribution in [0.1, 0.15) is 24.5 Å². The number of para-hydroxylation sites is 1. The van der Waals surface area contributed by atoms with E-state index in [2.05, 4.69) is 32.9 Å². The van der Waals surface area contributed by atoms with Crippen molar-refractivity contribution in [3.05, 3.63) is 35.9 Å². The van der Waals surface area contributed by atoms with E-state index in [1.165, 1.54) is 11.1 Å². The normalized spacial score (nSPS) is 9.92. The molecule has 1 aromatic rings. The number of rotatable bonds is 3. The molecule has 0 spiro atoms. The van der Waals surface area contributed by atoms with Crippen LogP contribution in [0.5, 0.6) is 5.75 Å². The molecule has 0 aromatic heterocycles. The predicted molar refractivity (Wildman–Crippen MR) is 51.1 cm³/mol. The van der Waals surface area contributed by atoms with E-state index >= 15 is 0 Å². The summed E-state index contributed by atoms with van der Waals surface area (Å²) in [4.78, 5) is 0. The molecule has 0 heterocycles. The van der Waals surface area contributed by atoms with Crippen molar-refractivity contribution < 1.29 is 4.74 Å². The zero-order valence-electron chi connectivity index (χ0n) is 7.92. The number of aryl methyl sites for hydroxylation is 2. The van der Waals surface area contributed by atoms with Crippen LogP contribution in [0.15, 0.2) is 18.2 Å². The maximum absolute atomic E-state index is 5.49. The SMILES string of the molecule is CC[CH]Oc1c(C)cccc1C. The first-order chi connectivity index (χ1) is 5.75. The summed E-state index contributed by atoms with van der Waals surface area (Å²) in [5.74, 6) is 0.999. The summed E-state index contributed by atoms with van der Waals surface area (Å²) >= 11 is 0. The van der Waals surface area contributed by atoms with Crippen molar-refractivity contribution in [2.24, 2.45) is 0 Å². The maximum atomic E-state index is 5.49. The van der Waals surface area contributed by atoms with Gasteiger partial charge in [0.25, 0.3) is 0 Å². The summed E-state index contributed by atoms with van der Waals surface area (Å²) in [6, 6.07) is 6.17. The highest BCUT2D eigenvalue weighted by Gasteiger charge is 2.01. The van der Waals surface area contributed by atoms with Crippen LogP contribution in [-0.4, -0.2) is 0 Å². The summed E-state index contributed by atoms with van der Waals surface area (Å²) < 4.78 is 5.49. The summed E-state index contributed by atoms with van der Waals surface area (Å²) in [7, 11) is 0. The van der Waals surface area contributed by atoms with Gasteiger partial charge in [0.2, 0.25) is 0 Å². The molecule has 65 valence electrons. The van der Waals surface area contributed by atoms with Crippen LogP contribution >= 0.6 is 0 Å². The number of benzene rings is 1. The Morgan fingerprint density at radius 2 is 1.83 bits per heavy atom. The van der Waals surface area contributed by atoms with Gasteiger partial charge >= 0.3 is 0 Å². The fourth-order valence-electron chi connectivity index (χ4n) is 1.15. The molecule has 1 aromatic carbocycles. The highest BCUT2D eigenvalue weighted by Crippen LogP contribution is 2.22. The third-order valence-electron chi connectivity index (χ3n) is 1.78. The van der Waals surface area contributed by atoms with Crippen molar-refractivity contribution in [3.8, 4) is 5.75 Å². The second-order valence-electron chi connectivity index (χ2n) is 2.91. The van der Waals surface area contributed by atoms with Crippen LogP contribution < -0.4 is 4.74 Å². The molecule has 12 heavy (non-hydrogen) atoms. The van der Waals surface area contributed by atoms with E-state index in [0.29, 0.717) is 0 Å². The molecule has 1 rings (SSSR count). The molecule has 1 radical (unpaired) electrons. The van der Waals surface area contributed by atoms with Crippen LogP contribution in [0.2, 0.25) is 0 Å². The first-order valence-corrected chi connectivity index (χ1v) is 4.30. The summed E-state index contributed by atoms with van der Waals surface area (Å²) in [6.45, 7) is 8.01. The molecule has 0 aliphatic heterocycles. The number of hydrogen-bond donors (Lipinski definition) is 0. The Kier molecular flexibility index (Phi) is 3.15. The van der Waals surface area contributed by atoms with Crippen molar-refractivity contribution in [1.82, 2.24) is 0 Å². The summed E-state index contributed by atoms with van der Waals surface area (Å²) in [6.07, 6.45) is 0.938. The van der Waals surface area contributed by atoms with Crippen LogP contribution in [-0.2, 0) is 0 Å². The molecule has 0 unspecified atom stereocenters. The molecule has 1 nitrogen and oxygen atoms in total. The van der Waals surface area contributed by atoms with Gasteiger partial charge in [0.1, 0.15) is 12.4 Å². The molecule has 0 amide bonds. The van der Waals surface area contributed by atoms with E-state index in [1.807, 2.05) is 12.7 Å². The van der Waals surface area contributed by atoms with Crippen molar-refractivity contribution in [2.45, 2.75) is 27.2 Å². The zero-order valence-corrected chi connectivity index (χ0v) is 7.92. The molecule has 0 aliphatic rings. The molecule has 0 N–H and O–H groups in total. The second kappa shape index (κ2) is 4.15. The Bertz CT molecular complexity index is 233. The molecule has 0 bridgehead atoms. The minimum absolute atomic E-state index is 0.938. The van der Waals surface area contributed by atoms with Gasteiger partial charge in [-0.3, -0.25) is 0 Å². The van der Waals surface area contributed by atoms with Crippen LogP contribution in [0.4, 0.5) is 0 Å². The minimum atomic E-state index is 0.938. The first-order valence-electron chi connectivity index (χ1n) is 4.30. The maximum Gasteiger partial charge on any atom is 0.135 e. The lowest BCUT2D eigenvalue weighted by atomic mass is 10.1. The molecule has 0 saturated heterocycles. The fraction of sp³-hybridized carbons (Fsp3) is 0.364. The Morgan fingerprint density at radius 3 is 2.33 bits per heavy atom. The predicted octanol–water partition coefficient (Wildman–Crippen LogP) is 3.25. The zero-order chi connectivity index (χ0) is 8.97. The average Bonchev–Trinajstić information content (AvgIpc) is 2.04. The average molecular weight is 163 g/mol. The van der Waals surface area contributed by atoms with Gasteiger partial charge in [0, 0.05) is 0 Å². The van der Waals surface area contributed by atoms with Crippen LogP contribution in [0.3, 0.4) is 0 Å². The lowest BCUT2D eigenvalue weighted by Crippen LogP contribution is -1.93. The van der Waals surface area contributed by atoms with Gasteiger partial charge in [-0.1, -0.05) is 25.1 Å². The van der Waals surface area contributed by atoms with Crippen molar-refractivity contribution in [3.63, 3.8) is 0 Å².